The Morgan fingerprint density at radius 3 is 2.35 bits per heavy atom. The molecular weight excluding hydrogens is 509 g/mol. The van der Waals surface area contributed by atoms with Gasteiger partial charge >= 0.3 is 0 Å². The smallest absolute Gasteiger partial charge is 0.253 e. The highest BCUT2D eigenvalue weighted by molar-refractivity contribution is 6.30. The highest BCUT2D eigenvalue weighted by atomic mass is 35.5. The number of ether oxygens (including phenoxy) is 2. The van der Waals surface area contributed by atoms with Crippen LogP contribution in [-0.4, -0.2) is 31.5 Å². The summed E-state index contributed by atoms with van der Waals surface area (Å²) in [5.41, 5.74) is 0.816. The maximum atomic E-state index is 13.9. The first kappa shape index (κ1) is 26.4. The van der Waals surface area contributed by atoms with Crippen molar-refractivity contribution in [3.8, 4) is 23.8 Å². The lowest BCUT2D eigenvalue weighted by Crippen LogP contribution is -2.56. The van der Waals surface area contributed by atoms with Crippen molar-refractivity contribution in [2.75, 3.05) is 13.7 Å². The normalized spacial score (nSPS) is 18.5. The van der Waals surface area contributed by atoms with E-state index in [9.17, 15) is 4.79 Å². The number of amides is 1. The summed E-state index contributed by atoms with van der Waals surface area (Å²) in [5.74, 6) is 3.86. The van der Waals surface area contributed by atoms with Crippen LogP contribution < -0.4 is 20.1 Å². The van der Waals surface area contributed by atoms with Gasteiger partial charge in [0, 0.05) is 16.1 Å². The van der Waals surface area contributed by atoms with Gasteiger partial charge in [-0.25, -0.2) is 0 Å². The molecule has 0 spiro atoms. The van der Waals surface area contributed by atoms with Crippen LogP contribution in [0.4, 0.5) is 0 Å². The van der Waals surface area contributed by atoms with Crippen molar-refractivity contribution in [3.05, 3.63) is 93.5 Å². The van der Waals surface area contributed by atoms with E-state index in [4.69, 9.17) is 44.1 Å². The SMILES string of the molecule is C#CCNC(=O)[C@@]1(c2ccc(Cl)cc2)NC(c2ccc(OC)cc2OC(C)C)=N[C@@H]1c1ccc(Cl)cc1. The van der Waals surface area contributed by atoms with E-state index in [2.05, 4.69) is 16.6 Å². The van der Waals surface area contributed by atoms with E-state index in [0.29, 0.717) is 38.5 Å². The van der Waals surface area contributed by atoms with Crippen LogP contribution in [0.3, 0.4) is 0 Å². The minimum absolute atomic E-state index is 0.0583. The number of aliphatic imine (C=N–C) groups is 1. The van der Waals surface area contributed by atoms with Gasteiger partial charge in [-0.3, -0.25) is 9.79 Å². The maximum absolute atomic E-state index is 13.9. The van der Waals surface area contributed by atoms with Gasteiger partial charge in [-0.2, -0.15) is 0 Å². The number of nitrogens with zero attached hydrogens (tertiary/aromatic N) is 1. The molecule has 190 valence electrons. The Hall–Kier alpha value is -3.66. The van der Waals surface area contributed by atoms with Crippen LogP contribution in [0.5, 0.6) is 11.5 Å². The number of carbonyl (C=O) groups is 1. The first-order chi connectivity index (χ1) is 17.8. The Balaban J connectivity index is 1.93. The molecular formula is C29H27Cl2N3O3. The zero-order valence-corrected chi connectivity index (χ0v) is 22.2. The molecule has 0 aliphatic carbocycles. The molecule has 3 aromatic rings. The number of hydrogen-bond donors (Lipinski definition) is 2. The predicted octanol–water partition coefficient (Wildman–Crippen LogP) is 5.53. The van der Waals surface area contributed by atoms with E-state index >= 15 is 0 Å². The van der Waals surface area contributed by atoms with Gasteiger partial charge in [0.25, 0.3) is 5.91 Å². The number of benzene rings is 3. The monoisotopic (exact) mass is 535 g/mol. The van der Waals surface area contributed by atoms with Gasteiger partial charge in [0.05, 0.1) is 25.3 Å². The Bertz CT molecular complexity index is 1350. The van der Waals surface area contributed by atoms with Crippen molar-refractivity contribution in [1.82, 2.24) is 10.6 Å². The summed E-state index contributed by atoms with van der Waals surface area (Å²) in [6.07, 6.45) is 5.38. The van der Waals surface area contributed by atoms with E-state index in [0.717, 1.165) is 5.56 Å². The van der Waals surface area contributed by atoms with Gasteiger partial charge < -0.3 is 20.1 Å². The number of amidine groups is 1. The molecule has 6 nitrogen and oxygen atoms in total. The van der Waals surface area contributed by atoms with E-state index in [1.807, 2.05) is 50.2 Å². The number of halogens is 2. The highest BCUT2D eigenvalue weighted by Crippen LogP contribution is 2.44. The molecule has 1 aliphatic heterocycles. The molecule has 1 aliphatic rings. The predicted molar refractivity (Wildman–Crippen MR) is 148 cm³/mol. The van der Waals surface area contributed by atoms with E-state index in [1.54, 1.807) is 37.4 Å². The molecule has 37 heavy (non-hydrogen) atoms. The molecule has 0 saturated carbocycles. The fraction of sp³-hybridized carbons (Fsp3) is 0.241. The Morgan fingerprint density at radius 1 is 1.11 bits per heavy atom. The third kappa shape index (κ3) is 5.39. The van der Waals surface area contributed by atoms with Crippen molar-refractivity contribution in [2.24, 2.45) is 4.99 Å². The van der Waals surface area contributed by atoms with Gasteiger partial charge in [-0.15, -0.1) is 6.42 Å². The number of terminal acetylenes is 1. The molecule has 8 heteroatoms. The van der Waals surface area contributed by atoms with Crippen LogP contribution in [0.15, 0.2) is 71.7 Å². The molecule has 0 radical (unpaired) electrons. The molecule has 3 aromatic carbocycles. The zero-order valence-electron chi connectivity index (χ0n) is 20.7. The average Bonchev–Trinajstić information content (AvgIpc) is 3.29. The van der Waals surface area contributed by atoms with Crippen LogP contribution in [0.1, 0.15) is 36.6 Å². The van der Waals surface area contributed by atoms with Crippen LogP contribution in [0.2, 0.25) is 10.0 Å². The fourth-order valence-electron chi connectivity index (χ4n) is 4.32. The van der Waals surface area contributed by atoms with Crippen LogP contribution >= 0.6 is 23.2 Å². The van der Waals surface area contributed by atoms with Crippen molar-refractivity contribution in [2.45, 2.75) is 31.5 Å². The first-order valence-electron chi connectivity index (χ1n) is 11.7. The summed E-state index contributed by atoms with van der Waals surface area (Å²) in [7, 11) is 1.59. The number of carbonyl (C=O) groups excluding carboxylic acids is 1. The lowest BCUT2D eigenvalue weighted by Gasteiger charge is -2.34. The summed E-state index contributed by atoms with van der Waals surface area (Å²) in [6.45, 7) is 3.94. The quantitative estimate of drug-likeness (QED) is 0.372. The van der Waals surface area contributed by atoms with Crippen molar-refractivity contribution < 1.29 is 14.3 Å². The molecule has 1 heterocycles. The largest absolute Gasteiger partial charge is 0.497 e. The summed E-state index contributed by atoms with van der Waals surface area (Å²) < 4.78 is 11.5. The second-order valence-corrected chi connectivity index (χ2v) is 9.66. The number of nitrogens with one attached hydrogen (secondary N) is 2. The van der Waals surface area contributed by atoms with Crippen LogP contribution in [0.25, 0.3) is 0 Å². The molecule has 2 N–H and O–H groups in total. The Kier molecular flexibility index (Phi) is 7.97. The molecule has 0 bridgehead atoms. The van der Waals surface area contributed by atoms with Crippen molar-refractivity contribution in [1.29, 1.82) is 0 Å². The van der Waals surface area contributed by atoms with Crippen LogP contribution in [0, 0.1) is 12.3 Å². The molecule has 1 amide bonds. The van der Waals surface area contributed by atoms with Gasteiger partial charge in [0.15, 0.2) is 5.54 Å². The van der Waals surface area contributed by atoms with Crippen molar-refractivity contribution in [3.63, 3.8) is 0 Å². The number of rotatable bonds is 8. The second kappa shape index (κ2) is 11.2. The van der Waals surface area contributed by atoms with Gasteiger partial charge in [-0.1, -0.05) is 53.4 Å². The summed E-state index contributed by atoms with van der Waals surface area (Å²) in [6, 6.07) is 19.2. The van der Waals surface area contributed by atoms with Crippen molar-refractivity contribution >= 4 is 34.9 Å². The van der Waals surface area contributed by atoms with E-state index in [1.165, 1.54) is 0 Å². The summed E-state index contributed by atoms with van der Waals surface area (Å²) >= 11 is 12.4. The zero-order chi connectivity index (χ0) is 26.6. The number of methoxy groups -OCH3 is 1. The second-order valence-electron chi connectivity index (χ2n) is 8.79. The third-order valence-electron chi connectivity index (χ3n) is 5.98. The molecule has 0 unspecified atom stereocenters. The van der Waals surface area contributed by atoms with Gasteiger partial charge in [0.2, 0.25) is 0 Å². The van der Waals surface area contributed by atoms with Gasteiger partial charge in [0.1, 0.15) is 23.4 Å². The fourth-order valence-corrected chi connectivity index (χ4v) is 4.57. The topological polar surface area (TPSA) is 72.0 Å². The molecule has 0 aromatic heterocycles. The van der Waals surface area contributed by atoms with E-state index < -0.39 is 11.6 Å². The lowest BCUT2D eigenvalue weighted by atomic mass is 9.79. The minimum Gasteiger partial charge on any atom is -0.497 e. The summed E-state index contributed by atoms with van der Waals surface area (Å²) in [4.78, 5) is 19.0. The third-order valence-corrected chi connectivity index (χ3v) is 6.49. The van der Waals surface area contributed by atoms with Crippen LogP contribution in [-0.2, 0) is 10.3 Å². The van der Waals surface area contributed by atoms with Gasteiger partial charge in [-0.05, 0) is 61.4 Å². The highest BCUT2D eigenvalue weighted by Gasteiger charge is 2.53. The minimum atomic E-state index is -1.33. The maximum Gasteiger partial charge on any atom is 0.253 e. The Morgan fingerprint density at radius 2 is 1.76 bits per heavy atom. The molecule has 0 fully saturated rings. The average molecular weight is 536 g/mol. The first-order valence-corrected chi connectivity index (χ1v) is 12.5. The number of hydrogen-bond acceptors (Lipinski definition) is 5. The molecule has 2 atom stereocenters. The lowest BCUT2D eigenvalue weighted by molar-refractivity contribution is -0.127. The molecule has 4 rings (SSSR count). The van der Waals surface area contributed by atoms with E-state index in [-0.39, 0.29) is 18.6 Å². The standard InChI is InChI=1S/C29H27Cl2N3O3/c1-5-16-32-28(35)29(20-8-12-22(31)13-9-20)26(19-6-10-21(30)11-7-19)33-27(34-29)24-15-14-23(36-4)17-25(24)37-18(2)3/h1,6-15,17-18,26H,16H2,2-4H3,(H,32,35)(H,33,34)/t26-,29+/m1/s1. The molecule has 0 saturated heterocycles. The summed E-state index contributed by atoms with van der Waals surface area (Å²) in [5, 5.41) is 7.44. The Labute approximate surface area is 227 Å².